The zero-order valence-corrected chi connectivity index (χ0v) is 15.8. The molecule has 0 aliphatic carbocycles. The Hall–Kier alpha value is -3.22. The number of benzene rings is 1. The number of nitrogens with one attached hydrogen (secondary N) is 1. The Morgan fingerprint density at radius 1 is 1.18 bits per heavy atom. The maximum atomic E-state index is 12.2. The lowest BCUT2D eigenvalue weighted by Crippen LogP contribution is -2.35. The van der Waals surface area contributed by atoms with E-state index in [0.29, 0.717) is 17.5 Å². The Bertz CT molecular complexity index is 915. The lowest BCUT2D eigenvalue weighted by Gasteiger charge is -2.32. The number of amides is 1. The molecule has 3 aromatic rings. The maximum absolute atomic E-state index is 12.2. The van der Waals surface area contributed by atoms with Gasteiger partial charge in [0.05, 0.1) is 12.4 Å². The first kappa shape index (κ1) is 18.2. The number of hydrogen-bond acceptors (Lipinski definition) is 6. The van der Waals surface area contributed by atoms with Crippen LogP contribution < -0.4 is 10.2 Å². The molecule has 7 heteroatoms. The van der Waals surface area contributed by atoms with Crippen molar-refractivity contribution >= 4 is 17.5 Å². The van der Waals surface area contributed by atoms with Crippen molar-refractivity contribution in [2.45, 2.75) is 26.2 Å². The molecule has 1 fully saturated rings. The molecule has 1 aliphatic heterocycles. The molecular formula is C21H23N5O2. The van der Waals surface area contributed by atoms with Gasteiger partial charge in [-0.3, -0.25) is 4.79 Å². The number of carbonyl (C=O) groups is 1. The average molecular weight is 377 g/mol. The summed E-state index contributed by atoms with van der Waals surface area (Å²) in [6, 6.07) is 12.3. The van der Waals surface area contributed by atoms with Gasteiger partial charge in [0, 0.05) is 19.2 Å². The van der Waals surface area contributed by atoms with Crippen molar-refractivity contribution in [2.24, 2.45) is 5.92 Å². The molecule has 28 heavy (non-hydrogen) atoms. The first-order valence-corrected chi connectivity index (χ1v) is 9.53. The Morgan fingerprint density at radius 3 is 2.61 bits per heavy atom. The molecule has 1 saturated heterocycles. The molecule has 1 amide bonds. The summed E-state index contributed by atoms with van der Waals surface area (Å²) in [5.41, 5.74) is 1.65. The summed E-state index contributed by atoms with van der Waals surface area (Å²) in [5.74, 6) is 2.16. The number of anilines is 2. The highest BCUT2D eigenvalue weighted by molar-refractivity contribution is 6.02. The van der Waals surface area contributed by atoms with Crippen molar-refractivity contribution in [3.8, 4) is 0 Å². The SMILES string of the molecule is Cc1cc(NC(=O)c2cnc(N3CCC(Cc4ccccc4)CC3)cn2)no1. The second kappa shape index (κ2) is 8.21. The van der Waals surface area contributed by atoms with Crippen LogP contribution in [-0.4, -0.2) is 34.1 Å². The van der Waals surface area contributed by atoms with Gasteiger partial charge in [-0.05, 0) is 37.7 Å². The topological polar surface area (TPSA) is 84.2 Å². The van der Waals surface area contributed by atoms with Crippen LogP contribution in [-0.2, 0) is 6.42 Å². The van der Waals surface area contributed by atoms with E-state index in [1.165, 1.54) is 11.8 Å². The number of nitrogens with zero attached hydrogens (tertiary/aromatic N) is 4. The number of rotatable bonds is 5. The smallest absolute Gasteiger partial charge is 0.277 e. The van der Waals surface area contributed by atoms with E-state index in [1.54, 1.807) is 19.2 Å². The maximum Gasteiger partial charge on any atom is 0.277 e. The molecule has 0 radical (unpaired) electrons. The minimum atomic E-state index is -0.353. The van der Waals surface area contributed by atoms with Crippen LogP contribution in [0.1, 0.15) is 34.7 Å². The summed E-state index contributed by atoms with van der Waals surface area (Å²) in [5, 5.41) is 6.39. The number of aromatic nitrogens is 3. The van der Waals surface area contributed by atoms with Crippen molar-refractivity contribution in [3.05, 3.63) is 65.8 Å². The fourth-order valence-corrected chi connectivity index (χ4v) is 3.52. The number of carbonyl (C=O) groups excluding carboxylic acids is 1. The summed E-state index contributed by atoms with van der Waals surface area (Å²) < 4.78 is 4.94. The van der Waals surface area contributed by atoms with E-state index in [0.717, 1.165) is 38.2 Å². The van der Waals surface area contributed by atoms with E-state index in [2.05, 4.69) is 55.7 Å². The molecule has 1 aliphatic rings. The van der Waals surface area contributed by atoms with Crippen molar-refractivity contribution in [2.75, 3.05) is 23.3 Å². The van der Waals surface area contributed by atoms with E-state index in [1.807, 2.05) is 0 Å². The molecule has 0 spiro atoms. The van der Waals surface area contributed by atoms with E-state index in [4.69, 9.17) is 4.52 Å². The monoisotopic (exact) mass is 377 g/mol. The summed E-state index contributed by atoms with van der Waals surface area (Å²) in [7, 11) is 0. The number of piperidine rings is 1. The zero-order chi connectivity index (χ0) is 19.3. The molecule has 1 N–H and O–H groups in total. The second-order valence-electron chi connectivity index (χ2n) is 7.16. The molecule has 0 bridgehead atoms. The molecule has 0 atom stereocenters. The van der Waals surface area contributed by atoms with E-state index >= 15 is 0 Å². The van der Waals surface area contributed by atoms with Gasteiger partial charge in [-0.15, -0.1) is 0 Å². The fourth-order valence-electron chi connectivity index (χ4n) is 3.52. The minimum absolute atomic E-state index is 0.253. The normalized spacial score (nSPS) is 14.8. The van der Waals surface area contributed by atoms with E-state index in [-0.39, 0.29) is 11.6 Å². The predicted molar refractivity (Wildman–Crippen MR) is 106 cm³/mol. The highest BCUT2D eigenvalue weighted by atomic mass is 16.5. The molecule has 3 heterocycles. The number of aryl methyl sites for hydroxylation is 1. The quantitative estimate of drug-likeness (QED) is 0.733. The molecular weight excluding hydrogens is 354 g/mol. The highest BCUT2D eigenvalue weighted by Crippen LogP contribution is 2.24. The van der Waals surface area contributed by atoms with E-state index in [9.17, 15) is 4.79 Å². The Balaban J connectivity index is 1.31. The molecule has 0 unspecified atom stereocenters. The van der Waals surface area contributed by atoms with Gasteiger partial charge in [0.15, 0.2) is 5.82 Å². The van der Waals surface area contributed by atoms with Crippen LogP contribution in [0.3, 0.4) is 0 Å². The summed E-state index contributed by atoms with van der Waals surface area (Å²) in [4.78, 5) is 23.2. The molecule has 4 rings (SSSR count). The van der Waals surface area contributed by atoms with E-state index < -0.39 is 0 Å². The van der Waals surface area contributed by atoms with Crippen LogP contribution in [0.2, 0.25) is 0 Å². The van der Waals surface area contributed by atoms with Crippen LogP contribution in [0.25, 0.3) is 0 Å². The molecule has 144 valence electrons. The molecule has 7 nitrogen and oxygen atoms in total. The van der Waals surface area contributed by atoms with Crippen molar-refractivity contribution < 1.29 is 9.32 Å². The second-order valence-corrected chi connectivity index (χ2v) is 7.16. The van der Waals surface area contributed by atoms with Gasteiger partial charge in [-0.25, -0.2) is 9.97 Å². The van der Waals surface area contributed by atoms with Gasteiger partial charge in [0.2, 0.25) is 0 Å². The fraction of sp³-hybridized carbons (Fsp3) is 0.333. The lowest BCUT2D eigenvalue weighted by molar-refractivity contribution is 0.102. The Labute approximate surface area is 163 Å². The molecule has 0 saturated carbocycles. The minimum Gasteiger partial charge on any atom is -0.360 e. The zero-order valence-electron chi connectivity index (χ0n) is 15.8. The average Bonchev–Trinajstić information content (AvgIpc) is 3.14. The van der Waals surface area contributed by atoms with Crippen LogP contribution >= 0.6 is 0 Å². The third-order valence-corrected chi connectivity index (χ3v) is 5.05. The molecule has 1 aromatic carbocycles. The van der Waals surface area contributed by atoms with Crippen LogP contribution in [0, 0.1) is 12.8 Å². The van der Waals surface area contributed by atoms with Crippen molar-refractivity contribution in [3.63, 3.8) is 0 Å². The summed E-state index contributed by atoms with van der Waals surface area (Å²) in [6.45, 7) is 3.67. The van der Waals surface area contributed by atoms with Gasteiger partial charge >= 0.3 is 0 Å². The first-order chi connectivity index (χ1) is 13.7. The third-order valence-electron chi connectivity index (χ3n) is 5.05. The Morgan fingerprint density at radius 2 is 1.96 bits per heavy atom. The number of hydrogen-bond donors (Lipinski definition) is 1. The first-order valence-electron chi connectivity index (χ1n) is 9.53. The van der Waals surface area contributed by atoms with Gasteiger partial charge in [0.25, 0.3) is 5.91 Å². The predicted octanol–water partition coefficient (Wildman–Crippen LogP) is 3.48. The van der Waals surface area contributed by atoms with Gasteiger partial charge in [-0.2, -0.15) is 0 Å². The summed E-state index contributed by atoms with van der Waals surface area (Å²) >= 11 is 0. The van der Waals surface area contributed by atoms with Crippen LogP contribution in [0.5, 0.6) is 0 Å². The van der Waals surface area contributed by atoms with Gasteiger partial charge in [0.1, 0.15) is 17.3 Å². The standard InChI is InChI=1S/C21H23N5O2/c1-15-11-19(25-28-15)24-21(27)18-13-23-20(14-22-18)26-9-7-17(8-10-26)12-16-5-3-2-4-6-16/h2-6,11,13-14,17H,7-10,12H2,1H3,(H,24,25,27). The van der Waals surface area contributed by atoms with Crippen molar-refractivity contribution in [1.29, 1.82) is 0 Å². The van der Waals surface area contributed by atoms with Gasteiger partial charge in [-0.1, -0.05) is 35.5 Å². The largest absolute Gasteiger partial charge is 0.360 e. The third kappa shape index (κ3) is 4.36. The Kier molecular flexibility index (Phi) is 5.32. The highest BCUT2D eigenvalue weighted by Gasteiger charge is 2.21. The summed E-state index contributed by atoms with van der Waals surface area (Å²) in [6.07, 6.45) is 6.56. The lowest BCUT2D eigenvalue weighted by atomic mass is 9.90. The van der Waals surface area contributed by atoms with Gasteiger partial charge < -0.3 is 14.7 Å². The van der Waals surface area contributed by atoms with Crippen molar-refractivity contribution in [1.82, 2.24) is 15.1 Å². The van der Waals surface area contributed by atoms with Crippen LogP contribution in [0.15, 0.2) is 53.3 Å². The molecule has 2 aromatic heterocycles. The van der Waals surface area contributed by atoms with Crippen LogP contribution in [0.4, 0.5) is 11.6 Å².